The first-order chi connectivity index (χ1) is 19.8. The van der Waals surface area contributed by atoms with Gasteiger partial charge in [0.15, 0.2) is 17.1 Å². The number of para-hydroxylation sites is 7. The van der Waals surface area contributed by atoms with E-state index in [4.69, 9.17) is 4.74 Å². The summed E-state index contributed by atoms with van der Waals surface area (Å²) < 4.78 is 5.71. The fourth-order valence-electron chi connectivity index (χ4n) is 4.93. The molecule has 40 heavy (non-hydrogen) atoms. The second kappa shape index (κ2) is 10.3. The third kappa shape index (κ3) is 4.48. The molecule has 0 saturated carbocycles. The lowest BCUT2D eigenvalue weighted by Crippen LogP contribution is -2.01. The number of aromatic nitrogens is 4. The molecule has 0 unspecified atom stereocenters. The van der Waals surface area contributed by atoms with Gasteiger partial charge < -0.3 is 20.0 Å². The fourth-order valence-corrected chi connectivity index (χ4v) is 4.93. The molecular formula is C34H25N5O. The van der Waals surface area contributed by atoms with Gasteiger partial charge in [-0.1, -0.05) is 78.9 Å². The number of anilines is 2. The van der Waals surface area contributed by atoms with Crippen molar-refractivity contribution in [1.29, 1.82) is 0 Å². The van der Waals surface area contributed by atoms with Gasteiger partial charge in [-0.25, -0.2) is 4.98 Å². The molecule has 1 aliphatic heterocycles. The van der Waals surface area contributed by atoms with Gasteiger partial charge in [0.1, 0.15) is 5.52 Å². The second-order valence-corrected chi connectivity index (χ2v) is 9.36. The average Bonchev–Trinajstić information content (AvgIpc) is 3.59. The van der Waals surface area contributed by atoms with E-state index in [1.807, 2.05) is 72.8 Å². The van der Waals surface area contributed by atoms with Crippen LogP contribution in [0.4, 0.5) is 11.4 Å². The topological polar surface area (TPSA) is 78.6 Å². The Hall–Kier alpha value is -5.62. The molecule has 3 aromatic heterocycles. The van der Waals surface area contributed by atoms with Gasteiger partial charge in [0.2, 0.25) is 0 Å². The van der Waals surface area contributed by atoms with E-state index in [2.05, 4.69) is 73.8 Å². The second-order valence-electron chi connectivity index (χ2n) is 9.36. The maximum atomic E-state index is 5.71. The Balaban J connectivity index is 0.0000000993. The first kappa shape index (κ1) is 23.5. The summed E-state index contributed by atoms with van der Waals surface area (Å²) in [6.07, 6.45) is 3.40. The van der Waals surface area contributed by atoms with Crippen LogP contribution >= 0.6 is 0 Å². The highest BCUT2D eigenvalue weighted by Gasteiger charge is 2.14. The largest absolute Gasteiger partial charge is 0.453 e. The summed E-state index contributed by atoms with van der Waals surface area (Å²) in [4.78, 5) is 15.1. The highest BCUT2D eigenvalue weighted by Crippen LogP contribution is 2.41. The Labute approximate surface area is 230 Å². The zero-order valence-corrected chi connectivity index (χ0v) is 21.5. The first-order valence-electron chi connectivity index (χ1n) is 13.1. The van der Waals surface area contributed by atoms with Gasteiger partial charge >= 0.3 is 0 Å². The van der Waals surface area contributed by atoms with Crippen molar-refractivity contribution in [2.24, 2.45) is 0 Å². The van der Waals surface area contributed by atoms with Gasteiger partial charge in [-0.3, -0.25) is 4.98 Å². The average molecular weight is 520 g/mol. The minimum atomic E-state index is 0.851. The van der Waals surface area contributed by atoms with E-state index >= 15 is 0 Å². The molecule has 4 heterocycles. The summed E-state index contributed by atoms with van der Waals surface area (Å²) in [6, 6.07) is 40.7. The lowest BCUT2D eigenvalue weighted by molar-refractivity contribution is 0.481. The molecule has 0 amide bonds. The summed E-state index contributed by atoms with van der Waals surface area (Å²) in [7, 11) is 0. The number of H-pyrrole nitrogens is 2. The number of fused-ring (bicyclic) bond motifs is 8. The number of nitrogens with one attached hydrogen (secondary N) is 3. The normalized spacial score (nSPS) is 11.4. The summed E-state index contributed by atoms with van der Waals surface area (Å²) in [5.74, 6) is 1.76. The monoisotopic (exact) mass is 519 g/mol. The van der Waals surface area contributed by atoms with Crippen molar-refractivity contribution in [2.45, 2.75) is 0 Å². The first-order valence-corrected chi connectivity index (χ1v) is 13.1. The van der Waals surface area contributed by atoms with Crippen LogP contribution in [0.15, 0.2) is 134 Å². The maximum Gasteiger partial charge on any atom is 0.157 e. The highest BCUT2D eigenvalue weighted by molar-refractivity contribution is 6.07. The van der Waals surface area contributed by atoms with Crippen LogP contribution in [0.3, 0.4) is 0 Å². The molecule has 192 valence electrons. The van der Waals surface area contributed by atoms with Crippen LogP contribution in [-0.2, 0) is 0 Å². The van der Waals surface area contributed by atoms with Gasteiger partial charge in [0.25, 0.3) is 0 Å². The predicted octanol–water partition coefficient (Wildman–Crippen LogP) is 8.97. The molecule has 1 aliphatic rings. The molecule has 3 N–H and O–H groups in total. The Kier molecular flexibility index (Phi) is 6.03. The Morgan fingerprint density at radius 2 is 0.925 bits per heavy atom. The van der Waals surface area contributed by atoms with E-state index in [0.29, 0.717) is 0 Å². The summed E-state index contributed by atoms with van der Waals surface area (Å²) in [6.45, 7) is 0. The molecule has 0 saturated heterocycles. The molecular weight excluding hydrogens is 494 g/mol. The molecule has 0 bridgehead atoms. The van der Waals surface area contributed by atoms with Gasteiger partial charge in [-0.15, -0.1) is 0 Å². The zero-order valence-electron chi connectivity index (χ0n) is 21.5. The van der Waals surface area contributed by atoms with Gasteiger partial charge in [-0.05, 0) is 42.5 Å². The standard InChI is InChI=1S/C12H9NO.C12H9N.C10H7N3/c1-3-7-11-9(5-1)13-10-6-2-4-8-12(10)14-11;1-3-7-11-9(5-1)10-6-2-4-8-12(10)13-11;1-2-4-8-7(3-1)9-10(13-8)12-6-5-11-9/h1-8,13H;1-8,13H;1-6H,(H,12,13). The molecule has 0 fully saturated rings. The van der Waals surface area contributed by atoms with Crippen LogP contribution in [0.25, 0.3) is 43.9 Å². The third-order valence-electron chi connectivity index (χ3n) is 6.81. The van der Waals surface area contributed by atoms with Gasteiger partial charge in [0, 0.05) is 45.1 Å². The SMILES string of the molecule is c1ccc2c(c1)Nc1ccccc1O2.c1ccc2c(c1)[nH]c1ccccc12.c1ccc2c(c1)[nH]c1nccnc12. The number of hydrogen-bond acceptors (Lipinski definition) is 4. The Bertz CT molecular complexity index is 1800. The number of ether oxygens (including phenoxy) is 1. The minimum Gasteiger partial charge on any atom is -0.453 e. The number of aromatic amines is 2. The Morgan fingerprint density at radius 1 is 0.450 bits per heavy atom. The van der Waals surface area contributed by atoms with Crippen LogP contribution in [0.1, 0.15) is 0 Å². The quantitative estimate of drug-likeness (QED) is 0.187. The molecule has 8 aromatic rings. The molecule has 6 nitrogen and oxygen atoms in total. The summed E-state index contributed by atoms with van der Waals surface area (Å²) in [5, 5.41) is 7.05. The van der Waals surface area contributed by atoms with Crippen LogP contribution in [0.5, 0.6) is 11.5 Å². The molecule has 9 rings (SSSR count). The summed E-state index contributed by atoms with van der Waals surface area (Å²) >= 11 is 0. The van der Waals surface area contributed by atoms with Crippen molar-refractivity contribution in [2.75, 3.05) is 5.32 Å². The van der Waals surface area contributed by atoms with Crippen LogP contribution in [0, 0.1) is 0 Å². The van der Waals surface area contributed by atoms with E-state index in [1.165, 1.54) is 21.8 Å². The number of nitrogens with zero attached hydrogens (tertiary/aromatic N) is 2. The lowest BCUT2D eigenvalue weighted by atomic mass is 10.2. The van der Waals surface area contributed by atoms with Crippen molar-refractivity contribution in [3.8, 4) is 11.5 Å². The molecule has 0 radical (unpaired) electrons. The number of benzene rings is 5. The van der Waals surface area contributed by atoms with E-state index in [1.54, 1.807) is 12.4 Å². The maximum absolute atomic E-state index is 5.71. The van der Waals surface area contributed by atoms with Gasteiger partial charge in [-0.2, -0.15) is 0 Å². The van der Waals surface area contributed by atoms with Gasteiger partial charge in [0.05, 0.1) is 11.4 Å². The highest BCUT2D eigenvalue weighted by atomic mass is 16.5. The van der Waals surface area contributed by atoms with Crippen molar-refractivity contribution in [3.05, 3.63) is 134 Å². The van der Waals surface area contributed by atoms with E-state index in [9.17, 15) is 0 Å². The van der Waals surface area contributed by atoms with Crippen molar-refractivity contribution in [3.63, 3.8) is 0 Å². The smallest absolute Gasteiger partial charge is 0.157 e. The third-order valence-corrected chi connectivity index (χ3v) is 6.81. The zero-order chi connectivity index (χ0) is 26.7. The van der Waals surface area contributed by atoms with Crippen molar-refractivity contribution < 1.29 is 4.74 Å². The lowest BCUT2D eigenvalue weighted by Gasteiger charge is -2.20. The van der Waals surface area contributed by atoms with Crippen LogP contribution in [-0.4, -0.2) is 19.9 Å². The van der Waals surface area contributed by atoms with E-state index in [-0.39, 0.29) is 0 Å². The van der Waals surface area contributed by atoms with Crippen molar-refractivity contribution >= 4 is 55.2 Å². The van der Waals surface area contributed by atoms with E-state index < -0.39 is 0 Å². The Morgan fingerprint density at radius 3 is 1.55 bits per heavy atom. The van der Waals surface area contributed by atoms with Crippen LogP contribution in [0.2, 0.25) is 0 Å². The number of rotatable bonds is 0. The fraction of sp³-hybridized carbons (Fsp3) is 0. The summed E-state index contributed by atoms with van der Waals surface area (Å²) in [5.41, 5.74) is 7.34. The van der Waals surface area contributed by atoms with Crippen LogP contribution < -0.4 is 10.1 Å². The predicted molar refractivity (Wildman–Crippen MR) is 163 cm³/mol. The number of hydrogen-bond donors (Lipinski definition) is 3. The van der Waals surface area contributed by atoms with Crippen molar-refractivity contribution in [1.82, 2.24) is 19.9 Å². The molecule has 5 aromatic carbocycles. The molecule has 6 heteroatoms. The molecule has 0 aliphatic carbocycles. The molecule has 0 atom stereocenters. The minimum absolute atomic E-state index is 0.851. The van der Waals surface area contributed by atoms with E-state index in [0.717, 1.165) is 44.9 Å². The molecule has 0 spiro atoms.